The van der Waals surface area contributed by atoms with E-state index in [0.29, 0.717) is 5.69 Å². The number of benzene rings is 1. The smallest absolute Gasteiger partial charge is 0.0963 e. The van der Waals surface area contributed by atoms with Gasteiger partial charge in [0.15, 0.2) is 0 Å². The highest BCUT2D eigenvalue weighted by Crippen LogP contribution is 2.24. The maximum atomic E-state index is 11.5. The lowest BCUT2D eigenvalue weighted by Crippen LogP contribution is -2.12. The third kappa shape index (κ3) is 1.78. The summed E-state index contributed by atoms with van der Waals surface area (Å²) in [6.07, 6.45) is 3.42. The monoisotopic (exact) mass is 205 g/mol. The molecule has 0 unspecified atom stereocenters. The second kappa shape index (κ2) is 3.64. The van der Waals surface area contributed by atoms with Crippen LogP contribution < -0.4 is 10.3 Å². The fraction of sp³-hybridized carbons (Fsp3) is 0. The van der Waals surface area contributed by atoms with Gasteiger partial charge in [0.05, 0.1) is 5.69 Å². The van der Waals surface area contributed by atoms with Gasteiger partial charge in [0.2, 0.25) is 0 Å². The summed E-state index contributed by atoms with van der Waals surface area (Å²) >= 11 is 0. The van der Waals surface area contributed by atoms with Crippen LogP contribution in [-0.4, -0.2) is 15.0 Å². The van der Waals surface area contributed by atoms with Crippen LogP contribution in [0, 0.1) is 0 Å². The predicted molar refractivity (Wildman–Crippen MR) is 51.3 cm³/mol. The summed E-state index contributed by atoms with van der Waals surface area (Å²) in [6.45, 7) is 0. The molecule has 0 amide bonds. The third-order valence-corrected chi connectivity index (χ3v) is 2.06. The lowest BCUT2D eigenvalue weighted by molar-refractivity contribution is -0.268. The second-order valence-corrected chi connectivity index (χ2v) is 3.03. The topological polar surface area (TPSA) is 71.7 Å². The molecule has 1 aromatic heterocycles. The Labute approximate surface area is 86.0 Å². The van der Waals surface area contributed by atoms with E-state index in [0.717, 1.165) is 0 Å². The largest absolute Gasteiger partial charge is 0.871 e. The van der Waals surface area contributed by atoms with Crippen molar-refractivity contribution in [1.29, 1.82) is 0 Å². The van der Waals surface area contributed by atoms with Gasteiger partial charge in [0.1, 0.15) is 0 Å². The zero-order valence-corrected chi connectivity index (χ0v) is 7.74. The summed E-state index contributed by atoms with van der Waals surface area (Å²) in [5.41, 5.74) is 0.504. The van der Waals surface area contributed by atoms with E-state index in [1.807, 2.05) is 0 Å². The lowest BCUT2D eigenvalue weighted by Gasteiger charge is -2.17. The van der Waals surface area contributed by atoms with Gasteiger partial charge in [-0.3, -0.25) is 10.4 Å². The van der Waals surface area contributed by atoms with Gasteiger partial charge in [-0.25, -0.2) is 0 Å². The summed E-state index contributed by atoms with van der Waals surface area (Å²) < 4.78 is 1.61. The van der Waals surface area contributed by atoms with Crippen molar-refractivity contribution >= 4 is 5.69 Å². The van der Waals surface area contributed by atoms with E-state index >= 15 is 0 Å². The summed E-state index contributed by atoms with van der Waals surface area (Å²) in [4.78, 5) is 0. The molecule has 1 heterocycles. The zero-order valence-electron chi connectivity index (χ0n) is 7.74. The first-order valence-electron chi connectivity index (χ1n) is 4.31. The number of aromatic nitrogens is 1. The van der Waals surface area contributed by atoms with Crippen LogP contribution in [0.3, 0.4) is 0 Å². The van der Waals surface area contributed by atoms with Crippen LogP contribution in [0.25, 0.3) is 5.69 Å². The van der Waals surface area contributed by atoms with Gasteiger partial charge >= 0.3 is 0 Å². The Bertz CT molecular complexity index is 452. The molecule has 0 spiro atoms. The van der Waals surface area contributed by atoms with Crippen LogP contribution in [0.2, 0.25) is 0 Å². The maximum Gasteiger partial charge on any atom is 0.0963 e. The Morgan fingerprint density at radius 3 is 2.40 bits per heavy atom. The Morgan fingerprint density at radius 1 is 1.13 bits per heavy atom. The molecule has 2 aromatic rings. The van der Waals surface area contributed by atoms with E-state index in [1.165, 1.54) is 18.2 Å². The molecule has 2 rings (SSSR count). The van der Waals surface area contributed by atoms with Crippen LogP contribution in [0.4, 0.5) is 5.69 Å². The van der Waals surface area contributed by atoms with Crippen molar-refractivity contribution in [2.45, 2.75) is 0 Å². The van der Waals surface area contributed by atoms with Crippen molar-refractivity contribution < 1.29 is 15.5 Å². The van der Waals surface area contributed by atoms with E-state index in [1.54, 1.807) is 29.1 Å². The quantitative estimate of drug-likeness (QED) is 0.721. The fourth-order valence-corrected chi connectivity index (χ4v) is 1.33. The fourth-order valence-electron chi connectivity index (χ4n) is 1.33. The van der Waals surface area contributed by atoms with Crippen LogP contribution in [-0.2, 0) is 0 Å². The highest BCUT2D eigenvalue weighted by molar-refractivity contribution is 5.56. The average Bonchev–Trinajstić information content (AvgIpc) is 2.71. The predicted octanol–water partition coefficient (Wildman–Crippen LogP) is 1.14. The molecule has 5 nitrogen and oxygen atoms in total. The number of nitrogens with zero attached hydrogens (tertiary/aromatic N) is 2. The molecular formula is C10H9N2O3-. The molecule has 0 bridgehead atoms. The molecule has 78 valence electrons. The molecule has 0 saturated heterocycles. The molecule has 0 aliphatic rings. The van der Waals surface area contributed by atoms with Gasteiger partial charge in [0, 0.05) is 18.1 Å². The first-order valence-corrected chi connectivity index (χ1v) is 4.31. The average molecular weight is 205 g/mol. The minimum Gasteiger partial charge on any atom is -0.871 e. The summed E-state index contributed by atoms with van der Waals surface area (Å²) in [7, 11) is 0. The van der Waals surface area contributed by atoms with Gasteiger partial charge in [0.25, 0.3) is 0 Å². The first-order chi connectivity index (χ1) is 7.18. The molecule has 0 radical (unpaired) electrons. The van der Waals surface area contributed by atoms with E-state index in [9.17, 15) is 5.11 Å². The van der Waals surface area contributed by atoms with Crippen molar-refractivity contribution in [2.75, 3.05) is 5.23 Å². The van der Waals surface area contributed by atoms with Crippen LogP contribution in [0.5, 0.6) is 5.75 Å². The van der Waals surface area contributed by atoms with Crippen molar-refractivity contribution in [2.24, 2.45) is 0 Å². The van der Waals surface area contributed by atoms with Crippen LogP contribution in [0.1, 0.15) is 0 Å². The molecule has 2 N–H and O–H groups in total. The highest BCUT2D eigenvalue weighted by atomic mass is 16.8. The van der Waals surface area contributed by atoms with E-state index in [4.69, 9.17) is 10.4 Å². The molecule has 0 aliphatic heterocycles. The molecule has 1 aromatic carbocycles. The lowest BCUT2D eigenvalue weighted by atomic mass is 10.2. The third-order valence-electron chi connectivity index (χ3n) is 2.06. The molecule has 15 heavy (non-hydrogen) atoms. The zero-order chi connectivity index (χ0) is 10.8. The summed E-state index contributed by atoms with van der Waals surface area (Å²) in [5.74, 6) is -0.184. The molecule has 0 aliphatic carbocycles. The van der Waals surface area contributed by atoms with Gasteiger partial charge in [-0.1, -0.05) is 11.8 Å². The highest BCUT2D eigenvalue weighted by Gasteiger charge is 2.02. The van der Waals surface area contributed by atoms with Gasteiger partial charge < -0.3 is 9.67 Å². The van der Waals surface area contributed by atoms with Gasteiger partial charge in [-0.2, -0.15) is 0 Å². The van der Waals surface area contributed by atoms with Crippen LogP contribution >= 0.6 is 0 Å². The van der Waals surface area contributed by atoms with Gasteiger partial charge in [-0.05, 0) is 24.3 Å². The normalized spacial score (nSPS) is 10.3. The Kier molecular flexibility index (Phi) is 2.32. The Balaban J connectivity index is 2.51. The van der Waals surface area contributed by atoms with E-state index in [-0.39, 0.29) is 16.7 Å². The Hall–Kier alpha value is -1.98. The first kappa shape index (κ1) is 9.57. The standard InChI is InChI=1S/C10H10N2O3/c13-10-4-3-8(12(14)15)7-9(10)11-5-1-2-6-11/h1-7,13-15H/p-1. The Morgan fingerprint density at radius 2 is 1.80 bits per heavy atom. The van der Waals surface area contributed by atoms with Gasteiger partial charge in [-0.15, -0.1) is 5.23 Å². The number of anilines is 1. The van der Waals surface area contributed by atoms with Crippen molar-refractivity contribution in [3.63, 3.8) is 0 Å². The number of hydrogen-bond donors (Lipinski definition) is 2. The van der Waals surface area contributed by atoms with E-state index in [2.05, 4.69) is 0 Å². The minimum absolute atomic E-state index is 0.0214. The molecule has 5 heteroatoms. The maximum absolute atomic E-state index is 11.5. The second-order valence-electron chi connectivity index (χ2n) is 3.03. The molecule has 0 atom stereocenters. The summed E-state index contributed by atoms with van der Waals surface area (Å²) in [6, 6.07) is 7.56. The van der Waals surface area contributed by atoms with Crippen molar-refractivity contribution in [3.8, 4) is 11.4 Å². The van der Waals surface area contributed by atoms with E-state index < -0.39 is 0 Å². The summed E-state index contributed by atoms with van der Waals surface area (Å²) in [5, 5.41) is 29.1. The van der Waals surface area contributed by atoms with Crippen LogP contribution in [0.15, 0.2) is 42.7 Å². The molecule has 0 fully saturated rings. The molecular weight excluding hydrogens is 196 g/mol. The van der Waals surface area contributed by atoms with Crippen molar-refractivity contribution in [3.05, 3.63) is 42.7 Å². The minimum atomic E-state index is -0.184. The number of rotatable bonds is 2. The SMILES string of the molecule is [O-]c1ccc(N(O)O)cc1-n1cccc1. The number of hydrogen-bond acceptors (Lipinski definition) is 4. The molecule has 0 saturated carbocycles. The van der Waals surface area contributed by atoms with Crippen molar-refractivity contribution in [1.82, 2.24) is 4.57 Å².